The molecule has 3 rings (SSSR count). The number of thiophene rings is 1. The molecule has 4 heteroatoms. The van der Waals surface area contributed by atoms with E-state index in [2.05, 4.69) is 10.3 Å². The summed E-state index contributed by atoms with van der Waals surface area (Å²) in [6, 6.07) is 11.7. The van der Waals surface area contributed by atoms with Gasteiger partial charge < -0.3 is 10.3 Å². The Hall–Kier alpha value is -2.33. The van der Waals surface area contributed by atoms with E-state index in [0.717, 1.165) is 21.5 Å². The largest absolute Gasteiger partial charge is 0.361 e. The second-order valence-electron chi connectivity index (χ2n) is 4.12. The first-order valence-corrected chi connectivity index (χ1v) is 6.79. The number of amides is 1. The van der Waals surface area contributed by atoms with E-state index >= 15 is 0 Å². The van der Waals surface area contributed by atoms with Gasteiger partial charge in [-0.15, -0.1) is 11.3 Å². The van der Waals surface area contributed by atoms with Crippen LogP contribution in [-0.2, 0) is 4.79 Å². The molecule has 0 unspecified atom stereocenters. The molecule has 0 fully saturated rings. The van der Waals surface area contributed by atoms with Gasteiger partial charge in [0.25, 0.3) is 0 Å². The van der Waals surface area contributed by atoms with E-state index in [4.69, 9.17) is 0 Å². The molecular weight excluding hydrogens is 256 g/mol. The Balaban J connectivity index is 1.71. The van der Waals surface area contributed by atoms with E-state index in [1.54, 1.807) is 17.4 Å². The minimum absolute atomic E-state index is 0.126. The maximum absolute atomic E-state index is 11.8. The van der Waals surface area contributed by atoms with Gasteiger partial charge in [-0.1, -0.05) is 12.1 Å². The highest BCUT2D eigenvalue weighted by Crippen LogP contribution is 2.17. The second kappa shape index (κ2) is 5.12. The lowest BCUT2D eigenvalue weighted by Crippen LogP contribution is -2.07. The number of H-pyrrole nitrogens is 1. The molecule has 94 valence electrons. The Morgan fingerprint density at radius 2 is 2.21 bits per heavy atom. The monoisotopic (exact) mass is 268 g/mol. The Kier molecular flexibility index (Phi) is 3.16. The van der Waals surface area contributed by atoms with Gasteiger partial charge in [-0.25, -0.2) is 0 Å². The quantitative estimate of drug-likeness (QED) is 0.696. The number of carbonyl (C=O) groups excluding carboxylic acids is 1. The van der Waals surface area contributed by atoms with E-state index in [9.17, 15) is 4.79 Å². The number of anilines is 1. The first-order valence-electron chi connectivity index (χ1n) is 5.91. The Morgan fingerprint density at radius 3 is 3.05 bits per heavy atom. The van der Waals surface area contributed by atoms with Crippen molar-refractivity contribution in [2.45, 2.75) is 0 Å². The van der Waals surface area contributed by atoms with E-state index in [1.807, 2.05) is 54.1 Å². The summed E-state index contributed by atoms with van der Waals surface area (Å²) in [6.45, 7) is 0. The van der Waals surface area contributed by atoms with Crippen LogP contribution in [0.25, 0.3) is 17.0 Å². The van der Waals surface area contributed by atoms with Gasteiger partial charge in [-0.2, -0.15) is 0 Å². The molecule has 0 aliphatic carbocycles. The van der Waals surface area contributed by atoms with Crippen LogP contribution < -0.4 is 5.32 Å². The molecular formula is C15H12N2OS. The third-order valence-electron chi connectivity index (χ3n) is 2.76. The smallest absolute Gasteiger partial charge is 0.248 e. The highest BCUT2D eigenvalue weighted by molar-refractivity contribution is 7.10. The fraction of sp³-hybridized carbons (Fsp3) is 0. The van der Waals surface area contributed by atoms with Crippen LogP contribution in [0.2, 0.25) is 0 Å². The van der Waals surface area contributed by atoms with Gasteiger partial charge in [0.05, 0.1) is 0 Å². The van der Waals surface area contributed by atoms with Crippen molar-refractivity contribution < 1.29 is 4.79 Å². The molecule has 0 aliphatic rings. The van der Waals surface area contributed by atoms with Crippen LogP contribution in [0.15, 0.2) is 54.1 Å². The maximum Gasteiger partial charge on any atom is 0.248 e. The summed E-state index contributed by atoms with van der Waals surface area (Å²) in [4.78, 5) is 16.0. The highest BCUT2D eigenvalue weighted by Gasteiger charge is 2.00. The number of aromatic nitrogens is 1. The molecule has 19 heavy (non-hydrogen) atoms. The minimum Gasteiger partial charge on any atom is -0.361 e. The first-order chi connectivity index (χ1) is 9.31. The van der Waals surface area contributed by atoms with Gasteiger partial charge in [0, 0.05) is 28.4 Å². The lowest BCUT2D eigenvalue weighted by Gasteiger charge is -2.01. The number of nitrogens with one attached hydrogen (secondary N) is 2. The zero-order valence-electron chi connectivity index (χ0n) is 10.1. The average Bonchev–Trinajstić information content (AvgIpc) is 3.07. The predicted molar refractivity (Wildman–Crippen MR) is 80.3 cm³/mol. The third kappa shape index (κ3) is 2.74. The van der Waals surface area contributed by atoms with Gasteiger partial charge in [-0.05, 0) is 41.1 Å². The summed E-state index contributed by atoms with van der Waals surface area (Å²) in [6.07, 6.45) is 5.24. The maximum atomic E-state index is 11.8. The van der Waals surface area contributed by atoms with Crippen molar-refractivity contribution in [3.63, 3.8) is 0 Å². The van der Waals surface area contributed by atoms with Gasteiger partial charge in [0.2, 0.25) is 5.91 Å². The van der Waals surface area contributed by atoms with Gasteiger partial charge in [-0.3, -0.25) is 4.79 Å². The molecule has 0 atom stereocenters. The Bertz CT molecular complexity index is 726. The van der Waals surface area contributed by atoms with E-state index in [-0.39, 0.29) is 5.91 Å². The van der Waals surface area contributed by atoms with Crippen molar-refractivity contribution in [2.24, 2.45) is 0 Å². The molecule has 1 amide bonds. The topological polar surface area (TPSA) is 44.9 Å². The molecule has 0 aliphatic heterocycles. The second-order valence-corrected chi connectivity index (χ2v) is 5.10. The molecule has 2 heterocycles. The van der Waals surface area contributed by atoms with Gasteiger partial charge >= 0.3 is 0 Å². The van der Waals surface area contributed by atoms with Crippen LogP contribution in [0, 0.1) is 0 Å². The number of carbonyl (C=O) groups is 1. The number of aromatic amines is 1. The summed E-state index contributed by atoms with van der Waals surface area (Å²) >= 11 is 1.60. The summed E-state index contributed by atoms with van der Waals surface area (Å²) in [5, 5.41) is 5.96. The summed E-state index contributed by atoms with van der Waals surface area (Å²) < 4.78 is 0. The Morgan fingerprint density at radius 1 is 1.26 bits per heavy atom. The van der Waals surface area contributed by atoms with Crippen molar-refractivity contribution in [1.82, 2.24) is 4.98 Å². The molecule has 2 aromatic heterocycles. The van der Waals surface area contributed by atoms with Crippen molar-refractivity contribution in [3.05, 3.63) is 58.9 Å². The van der Waals surface area contributed by atoms with Crippen LogP contribution in [0.1, 0.15) is 4.88 Å². The molecule has 0 spiro atoms. The number of rotatable bonds is 3. The third-order valence-corrected chi connectivity index (χ3v) is 3.60. The molecule has 1 aromatic carbocycles. The van der Waals surface area contributed by atoms with Crippen LogP contribution >= 0.6 is 11.3 Å². The molecule has 0 saturated heterocycles. The summed E-state index contributed by atoms with van der Waals surface area (Å²) in [7, 11) is 0. The van der Waals surface area contributed by atoms with Crippen molar-refractivity contribution >= 4 is 39.9 Å². The first kappa shape index (κ1) is 11.7. The Labute approximate surface area is 114 Å². The number of benzene rings is 1. The normalized spacial score (nSPS) is 11.2. The number of fused-ring (bicyclic) bond motifs is 1. The predicted octanol–water partition coefficient (Wildman–Crippen LogP) is 3.88. The lowest BCUT2D eigenvalue weighted by molar-refractivity contribution is -0.111. The highest BCUT2D eigenvalue weighted by atomic mass is 32.1. The lowest BCUT2D eigenvalue weighted by atomic mass is 10.2. The van der Waals surface area contributed by atoms with E-state index in [0.29, 0.717) is 0 Å². The van der Waals surface area contributed by atoms with Crippen molar-refractivity contribution in [2.75, 3.05) is 5.32 Å². The molecule has 3 nitrogen and oxygen atoms in total. The number of hydrogen-bond acceptors (Lipinski definition) is 2. The molecule has 3 aromatic rings. The molecule has 0 bridgehead atoms. The fourth-order valence-corrected chi connectivity index (χ4v) is 2.47. The zero-order chi connectivity index (χ0) is 13.1. The summed E-state index contributed by atoms with van der Waals surface area (Å²) in [5.74, 6) is -0.126. The van der Waals surface area contributed by atoms with E-state index < -0.39 is 0 Å². The van der Waals surface area contributed by atoms with Crippen molar-refractivity contribution in [3.8, 4) is 0 Å². The van der Waals surface area contributed by atoms with Crippen LogP contribution in [0.3, 0.4) is 0 Å². The van der Waals surface area contributed by atoms with E-state index in [1.165, 1.54) is 0 Å². The zero-order valence-corrected chi connectivity index (χ0v) is 10.9. The van der Waals surface area contributed by atoms with Crippen LogP contribution in [-0.4, -0.2) is 10.9 Å². The van der Waals surface area contributed by atoms with Gasteiger partial charge in [0.1, 0.15) is 0 Å². The molecule has 2 N–H and O–H groups in total. The summed E-state index contributed by atoms with van der Waals surface area (Å²) in [5.41, 5.74) is 1.80. The number of hydrogen-bond donors (Lipinski definition) is 2. The SMILES string of the molecule is O=C(/C=C/c1cccs1)Nc1ccc2cc[nH]c2c1. The van der Waals surface area contributed by atoms with Crippen LogP contribution in [0.4, 0.5) is 5.69 Å². The standard InChI is InChI=1S/C15H12N2OS/c18-15(6-5-13-2-1-9-19-13)17-12-4-3-11-7-8-16-14(11)10-12/h1-10,16H,(H,17,18)/b6-5+. The van der Waals surface area contributed by atoms with Crippen molar-refractivity contribution in [1.29, 1.82) is 0 Å². The molecule has 0 saturated carbocycles. The minimum atomic E-state index is -0.126. The fourth-order valence-electron chi connectivity index (χ4n) is 1.85. The van der Waals surface area contributed by atoms with Crippen LogP contribution in [0.5, 0.6) is 0 Å². The van der Waals surface area contributed by atoms with Gasteiger partial charge in [0.15, 0.2) is 0 Å². The molecule has 0 radical (unpaired) electrons. The average molecular weight is 268 g/mol.